The summed E-state index contributed by atoms with van der Waals surface area (Å²) in [6, 6.07) is 6.40. The van der Waals surface area contributed by atoms with Gasteiger partial charge in [0.05, 0.1) is 23.3 Å². The number of fused-ring (bicyclic) bond motifs is 3. The lowest BCUT2D eigenvalue weighted by atomic mass is 9.52. The number of phenolic OH excluding ortho intramolecular Hbond substituents is 1. The van der Waals surface area contributed by atoms with Crippen LogP contribution in [0.4, 0.5) is 0 Å². The summed E-state index contributed by atoms with van der Waals surface area (Å²) in [7, 11) is 3.25. The highest BCUT2D eigenvalue weighted by Crippen LogP contribution is 2.52. The van der Waals surface area contributed by atoms with Crippen LogP contribution in [0.5, 0.6) is 5.75 Å². The third kappa shape index (κ3) is 4.52. The van der Waals surface area contributed by atoms with Crippen molar-refractivity contribution in [2.45, 2.75) is 56.4 Å². The minimum Gasteiger partial charge on any atom is -0.507 e. The summed E-state index contributed by atoms with van der Waals surface area (Å²) >= 11 is 0. The van der Waals surface area contributed by atoms with E-state index < -0.39 is 64.7 Å². The number of aromatic hydroxyl groups is 1. The van der Waals surface area contributed by atoms with Crippen molar-refractivity contribution in [2.24, 2.45) is 29.4 Å². The maximum absolute atomic E-state index is 14.3. The number of aromatic nitrogens is 1. The zero-order valence-corrected chi connectivity index (χ0v) is 24.4. The summed E-state index contributed by atoms with van der Waals surface area (Å²) in [5, 5.41) is 34.6. The molecule has 228 valence electrons. The maximum Gasteiger partial charge on any atom is 0.230 e. The molecule has 1 aromatic carbocycles. The van der Waals surface area contributed by atoms with E-state index in [1.165, 1.54) is 0 Å². The van der Waals surface area contributed by atoms with Gasteiger partial charge in [0.2, 0.25) is 5.91 Å². The minimum atomic E-state index is -2.69. The Morgan fingerprint density at radius 3 is 2.49 bits per heavy atom. The van der Waals surface area contributed by atoms with Gasteiger partial charge in [-0.15, -0.1) is 0 Å². The molecule has 1 aromatic heterocycles. The fourth-order valence-corrected chi connectivity index (χ4v) is 8.17. The first kappa shape index (κ1) is 29.6. The lowest BCUT2D eigenvalue weighted by Gasteiger charge is -2.54. The Kier molecular flexibility index (Phi) is 7.48. The van der Waals surface area contributed by atoms with Crippen molar-refractivity contribution in [2.75, 3.05) is 27.2 Å². The number of phenols is 1. The van der Waals surface area contributed by atoms with Gasteiger partial charge in [-0.05, 0) is 82.5 Å². The number of likely N-dealkylation sites (tertiary alicyclic amines) is 1. The second-order valence-corrected chi connectivity index (χ2v) is 12.8. The largest absolute Gasteiger partial charge is 0.507 e. The number of carbonyl (C=O) groups excluding carboxylic acids is 4. The van der Waals surface area contributed by atoms with Crippen LogP contribution < -0.4 is 5.73 Å². The van der Waals surface area contributed by atoms with Gasteiger partial charge in [0.15, 0.2) is 23.0 Å². The number of nitrogens with zero attached hydrogens (tertiary/aromatic N) is 3. The third-order valence-electron chi connectivity index (χ3n) is 10.2. The number of carbonyl (C=O) groups is 4. The lowest BCUT2D eigenvalue weighted by Crippen LogP contribution is -2.75. The van der Waals surface area contributed by atoms with Crippen LogP contribution in [0.3, 0.4) is 0 Å². The topological polar surface area (TPSA) is 174 Å². The lowest BCUT2D eigenvalue weighted by molar-refractivity contribution is -0.190. The Hall–Kier alpha value is -3.51. The van der Waals surface area contributed by atoms with Crippen LogP contribution in [-0.2, 0) is 27.3 Å². The van der Waals surface area contributed by atoms with Gasteiger partial charge >= 0.3 is 0 Å². The highest BCUT2D eigenvalue weighted by Gasteiger charge is 2.69. The maximum atomic E-state index is 14.3. The van der Waals surface area contributed by atoms with Crippen LogP contribution in [-0.4, -0.2) is 98.3 Å². The monoisotopic (exact) mass is 590 g/mol. The Labute approximate surface area is 249 Å². The molecule has 7 atom stereocenters. The number of aliphatic hydroxyl groups is 2. The number of piperidine rings is 1. The summed E-state index contributed by atoms with van der Waals surface area (Å²) in [6.07, 6.45) is 3.62. The molecule has 11 heteroatoms. The van der Waals surface area contributed by atoms with E-state index in [0.29, 0.717) is 28.9 Å². The number of pyridine rings is 1. The average Bonchev–Trinajstić information content (AvgIpc) is 2.97. The molecular weight excluding hydrogens is 552 g/mol. The summed E-state index contributed by atoms with van der Waals surface area (Å²) in [6.45, 7) is 2.15. The van der Waals surface area contributed by atoms with Crippen molar-refractivity contribution in [3.8, 4) is 17.0 Å². The molecule has 0 bridgehead atoms. The van der Waals surface area contributed by atoms with Crippen molar-refractivity contribution in [3.63, 3.8) is 0 Å². The van der Waals surface area contributed by atoms with Crippen LogP contribution >= 0.6 is 0 Å². The van der Waals surface area contributed by atoms with E-state index in [1.807, 2.05) is 18.2 Å². The number of nitrogens with two attached hydrogens (primary N) is 1. The van der Waals surface area contributed by atoms with Crippen LogP contribution in [0.1, 0.15) is 47.2 Å². The molecule has 3 aliphatic carbocycles. The average molecular weight is 591 g/mol. The number of primary amides is 1. The Morgan fingerprint density at radius 1 is 1.14 bits per heavy atom. The number of hydrogen-bond acceptors (Lipinski definition) is 10. The predicted octanol–water partition coefficient (Wildman–Crippen LogP) is 0.707. The predicted molar refractivity (Wildman–Crippen MR) is 155 cm³/mol. The fourth-order valence-electron chi connectivity index (χ4n) is 8.17. The van der Waals surface area contributed by atoms with Gasteiger partial charge in [-0.3, -0.25) is 29.1 Å². The quantitative estimate of drug-likeness (QED) is 0.363. The van der Waals surface area contributed by atoms with E-state index in [2.05, 4.69) is 9.88 Å². The zero-order chi connectivity index (χ0) is 30.8. The van der Waals surface area contributed by atoms with Crippen LogP contribution in [0.2, 0.25) is 0 Å². The number of Topliss-reactive ketones (excluding diaryl/α,β-unsaturated/α-hetero) is 3. The number of ketones is 3. The number of rotatable bonds is 5. The molecule has 2 heterocycles. The number of benzene rings is 1. The molecule has 4 aliphatic rings. The van der Waals surface area contributed by atoms with E-state index in [9.17, 15) is 34.5 Å². The highest BCUT2D eigenvalue weighted by atomic mass is 16.3. The number of likely N-dealkylation sites (N-methyl/N-ethyl adjacent to an activating group) is 1. The van der Waals surface area contributed by atoms with Gasteiger partial charge in [0, 0.05) is 35.8 Å². The first-order valence-electron chi connectivity index (χ1n) is 15.0. The second kappa shape index (κ2) is 10.9. The summed E-state index contributed by atoms with van der Waals surface area (Å²) in [4.78, 5) is 62.8. The second-order valence-electron chi connectivity index (χ2n) is 12.8. The SMILES string of the molecule is CN(C)[C@H]1C(O)C(C(N)=O)C(=O)[C@]2(O)C(=O)C3C(=O)c4c(O)c(CN5CCCCC5)cc(-c5ccccn5)c4C[C@@H]3C[C@H]12. The minimum absolute atomic E-state index is 0.0192. The van der Waals surface area contributed by atoms with Gasteiger partial charge in [-0.2, -0.15) is 0 Å². The first-order valence-corrected chi connectivity index (χ1v) is 15.0. The highest BCUT2D eigenvalue weighted by molar-refractivity contribution is 6.25. The van der Waals surface area contributed by atoms with Gasteiger partial charge in [-0.25, -0.2) is 0 Å². The molecule has 1 amide bonds. The van der Waals surface area contributed by atoms with Crippen LogP contribution in [0.15, 0.2) is 30.5 Å². The normalized spacial score (nSPS) is 32.7. The molecular formula is C32H38N4O7. The van der Waals surface area contributed by atoms with E-state index in [1.54, 1.807) is 31.3 Å². The summed E-state index contributed by atoms with van der Waals surface area (Å²) in [5.74, 6) is -9.07. The van der Waals surface area contributed by atoms with E-state index >= 15 is 0 Å². The van der Waals surface area contributed by atoms with Crippen molar-refractivity contribution in [1.82, 2.24) is 14.8 Å². The van der Waals surface area contributed by atoms with Gasteiger partial charge in [0.25, 0.3) is 0 Å². The molecule has 3 fully saturated rings. The number of hydrogen-bond donors (Lipinski definition) is 4. The van der Waals surface area contributed by atoms with E-state index in [-0.39, 0.29) is 24.2 Å². The summed E-state index contributed by atoms with van der Waals surface area (Å²) < 4.78 is 0. The molecule has 6 rings (SSSR count). The third-order valence-corrected chi connectivity index (χ3v) is 10.2. The molecule has 3 unspecified atom stereocenters. The first-order chi connectivity index (χ1) is 20.5. The molecule has 2 aromatic rings. The van der Waals surface area contributed by atoms with Gasteiger partial charge in [0.1, 0.15) is 11.7 Å². The Morgan fingerprint density at radius 2 is 1.86 bits per heavy atom. The molecule has 1 saturated heterocycles. The van der Waals surface area contributed by atoms with Crippen molar-refractivity contribution < 1.29 is 34.5 Å². The van der Waals surface area contributed by atoms with E-state index in [4.69, 9.17) is 5.73 Å². The van der Waals surface area contributed by atoms with Crippen molar-refractivity contribution >= 4 is 23.3 Å². The molecule has 5 N–H and O–H groups in total. The van der Waals surface area contributed by atoms with Gasteiger partial charge in [-0.1, -0.05) is 12.5 Å². The van der Waals surface area contributed by atoms with Crippen LogP contribution in [0, 0.1) is 23.7 Å². The Balaban J connectivity index is 1.49. The number of amides is 1. The van der Waals surface area contributed by atoms with Crippen molar-refractivity contribution in [3.05, 3.63) is 47.2 Å². The molecule has 43 heavy (non-hydrogen) atoms. The molecule has 1 aliphatic heterocycles. The fraction of sp³-hybridized carbons (Fsp3) is 0.531. The number of aliphatic hydroxyl groups excluding tert-OH is 1. The molecule has 0 spiro atoms. The Bertz CT molecular complexity index is 1490. The van der Waals surface area contributed by atoms with Crippen LogP contribution in [0.25, 0.3) is 11.3 Å². The molecule has 2 saturated carbocycles. The van der Waals surface area contributed by atoms with Gasteiger partial charge < -0.3 is 26.0 Å². The van der Waals surface area contributed by atoms with Crippen molar-refractivity contribution in [1.29, 1.82) is 0 Å². The van der Waals surface area contributed by atoms with E-state index in [0.717, 1.165) is 32.4 Å². The summed E-state index contributed by atoms with van der Waals surface area (Å²) in [5.41, 5.74) is 5.24. The molecule has 0 radical (unpaired) electrons. The standard InChI is InChI=1S/C32H38N4O7/c1-35(2)25-20-14-16-12-19-18(21-8-4-5-9-34-21)13-17(15-36-10-6-3-7-11-36)26(37)23(19)27(38)22(16)29(40)32(20,43)30(41)24(28(25)39)31(33)42/h4-5,8-9,13,16,20,22,24-25,28,37,39,43H,3,6-7,10-12,14-15H2,1-2H3,(H2,33,42)/t16-,20-,22?,24?,25-,28?,32-/m1/s1. The smallest absolute Gasteiger partial charge is 0.230 e. The molecule has 11 nitrogen and oxygen atoms in total. The zero-order valence-electron chi connectivity index (χ0n) is 24.4.